The zero-order chi connectivity index (χ0) is 22.8. The Kier molecular flexibility index (Phi) is 5.45. The van der Waals surface area contributed by atoms with Crippen molar-refractivity contribution in [3.63, 3.8) is 0 Å². The van der Waals surface area contributed by atoms with Crippen molar-refractivity contribution in [1.29, 1.82) is 0 Å². The molecule has 2 aromatic heterocycles. The summed E-state index contributed by atoms with van der Waals surface area (Å²) in [4.78, 5) is 40.6. The predicted molar refractivity (Wildman–Crippen MR) is 124 cm³/mol. The van der Waals surface area contributed by atoms with Gasteiger partial charge in [0.05, 0.1) is 24.3 Å². The molecule has 0 unspecified atom stereocenters. The number of hydrogen-bond acceptors (Lipinski definition) is 6. The van der Waals surface area contributed by atoms with Crippen LogP contribution in [-0.2, 0) is 17.8 Å². The number of hydrogen-bond donors (Lipinski definition) is 4. The van der Waals surface area contributed by atoms with Gasteiger partial charge in [-0.1, -0.05) is 11.6 Å². The third-order valence-corrected chi connectivity index (χ3v) is 5.34. The zero-order valence-corrected chi connectivity index (χ0v) is 18.0. The van der Waals surface area contributed by atoms with Gasteiger partial charge in [0.2, 0.25) is 11.9 Å². The van der Waals surface area contributed by atoms with Crippen molar-refractivity contribution in [3.05, 3.63) is 83.0 Å². The van der Waals surface area contributed by atoms with E-state index < -0.39 is 0 Å². The molecule has 0 atom stereocenters. The number of benzene rings is 2. The SMILES string of the molecule is O=C1Cc2cnc(Nc3ccc(C(=O)NCc4ncc[nH]4)cc3)nc2-c2ccc(Cl)cc2N1. The van der Waals surface area contributed by atoms with Crippen molar-refractivity contribution in [2.24, 2.45) is 0 Å². The fourth-order valence-electron chi connectivity index (χ4n) is 3.52. The molecule has 3 heterocycles. The Bertz CT molecular complexity index is 1340. The van der Waals surface area contributed by atoms with Gasteiger partial charge in [-0.15, -0.1) is 0 Å². The fraction of sp³-hybridized carbons (Fsp3) is 0.0870. The molecule has 0 radical (unpaired) electrons. The summed E-state index contributed by atoms with van der Waals surface area (Å²) in [6.45, 7) is 0.318. The predicted octanol–water partition coefficient (Wildman–Crippen LogP) is 3.69. The minimum atomic E-state index is -0.202. The number of anilines is 3. The monoisotopic (exact) mass is 459 g/mol. The minimum absolute atomic E-state index is 0.150. The first-order valence-electron chi connectivity index (χ1n) is 10.1. The molecule has 0 spiro atoms. The van der Waals surface area contributed by atoms with E-state index in [0.29, 0.717) is 40.3 Å². The van der Waals surface area contributed by atoms with Gasteiger partial charge in [-0.25, -0.2) is 15.0 Å². The maximum absolute atomic E-state index is 12.3. The molecule has 164 valence electrons. The van der Waals surface area contributed by atoms with Crippen LogP contribution in [0, 0.1) is 0 Å². The number of carbonyl (C=O) groups excluding carboxylic acids is 2. The van der Waals surface area contributed by atoms with Crippen LogP contribution in [-0.4, -0.2) is 31.8 Å². The van der Waals surface area contributed by atoms with E-state index in [1.807, 2.05) is 6.07 Å². The highest BCUT2D eigenvalue weighted by atomic mass is 35.5. The summed E-state index contributed by atoms with van der Waals surface area (Å²) in [6, 6.07) is 12.3. The van der Waals surface area contributed by atoms with Gasteiger partial charge < -0.3 is 20.9 Å². The fourth-order valence-corrected chi connectivity index (χ4v) is 3.69. The number of nitrogens with zero attached hydrogens (tertiary/aromatic N) is 3. The Labute approximate surface area is 193 Å². The molecule has 2 amide bonds. The van der Waals surface area contributed by atoms with Crippen LogP contribution in [0.5, 0.6) is 0 Å². The quantitative estimate of drug-likeness (QED) is 0.361. The van der Waals surface area contributed by atoms with Crippen LogP contribution in [0.25, 0.3) is 11.3 Å². The molecule has 0 saturated heterocycles. The molecule has 4 aromatic rings. The Morgan fingerprint density at radius 2 is 1.97 bits per heavy atom. The molecule has 0 fully saturated rings. The van der Waals surface area contributed by atoms with Crippen LogP contribution < -0.4 is 16.0 Å². The maximum Gasteiger partial charge on any atom is 0.251 e. The standard InChI is InChI=1S/C23H18ClN7O2/c24-15-3-6-17-18(10-15)30-20(32)9-14-11-28-23(31-21(14)17)29-16-4-1-13(2-5-16)22(33)27-12-19-25-7-8-26-19/h1-8,10-11H,9,12H2,(H,25,26)(H,27,33)(H,30,32)(H,28,29,31). The van der Waals surface area contributed by atoms with E-state index in [1.54, 1.807) is 55.0 Å². The summed E-state index contributed by atoms with van der Waals surface area (Å²) in [5.41, 5.74) is 4.01. The lowest BCUT2D eigenvalue weighted by molar-refractivity contribution is -0.115. The van der Waals surface area contributed by atoms with E-state index in [4.69, 9.17) is 11.6 Å². The summed E-state index contributed by atoms with van der Waals surface area (Å²) < 4.78 is 0. The molecule has 0 bridgehead atoms. The Balaban J connectivity index is 1.34. The third-order valence-electron chi connectivity index (χ3n) is 5.10. The van der Waals surface area contributed by atoms with Crippen LogP contribution in [0.15, 0.2) is 61.1 Å². The van der Waals surface area contributed by atoms with E-state index in [2.05, 4.69) is 35.9 Å². The molecular weight excluding hydrogens is 442 g/mol. The topological polar surface area (TPSA) is 125 Å². The number of rotatable bonds is 5. The molecule has 1 aliphatic heterocycles. The van der Waals surface area contributed by atoms with Crippen molar-refractivity contribution < 1.29 is 9.59 Å². The summed E-state index contributed by atoms with van der Waals surface area (Å²) in [5, 5.41) is 9.34. The molecule has 9 nitrogen and oxygen atoms in total. The summed E-state index contributed by atoms with van der Waals surface area (Å²) >= 11 is 6.09. The van der Waals surface area contributed by atoms with Gasteiger partial charge in [0.25, 0.3) is 5.91 Å². The zero-order valence-electron chi connectivity index (χ0n) is 17.2. The average Bonchev–Trinajstić information content (AvgIpc) is 3.28. The van der Waals surface area contributed by atoms with Crippen molar-refractivity contribution >= 4 is 40.7 Å². The van der Waals surface area contributed by atoms with Crippen molar-refractivity contribution in [2.45, 2.75) is 13.0 Å². The van der Waals surface area contributed by atoms with E-state index in [1.165, 1.54) is 0 Å². The van der Waals surface area contributed by atoms with Gasteiger partial charge in [-0.2, -0.15) is 0 Å². The number of fused-ring (bicyclic) bond motifs is 3. The maximum atomic E-state index is 12.3. The summed E-state index contributed by atoms with van der Waals surface area (Å²) in [5.74, 6) is 0.705. The van der Waals surface area contributed by atoms with Gasteiger partial charge in [0.1, 0.15) is 5.82 Å². The Hall–Kier alpha value is -4.24. The molecule has 2 aromatic carbocycles. The second kappa shape index (κ2) is 8.71. The number of carbonyl (C=O) groups is 2. The molecule has 10 heteroatoms. The van der Waals surface area contributed by atoms with E-state index in [-0.39, 0.29) is 18.2 Å². The molecule has 5 rings (SSSR count). The lowest BCUT2D eigenvalue weighted by Gasteiger charge is -2.11. The first-order valence-corrected chi connectivity index (χ1v) is 10.5. The second-order valence-corrected chi connectivity index (χ2v) is 7.84. The van der Waals surface area contributed by atoms with Gasteiger partial charge in [-0.3, -0.25) is 9.59 Å². The van der Waals surface area contributed by atoms with Crippen LogP contribution in [0.4, 0.5) is 17.3 Å². The molecule has 0 saturated carbocycles. The first-order chi connectivity index (χ1) is 16.0. The Morgan fingerprint density at radius 3 is 2.76 bits per heavy atom. The van der Waals surface area contributed by atoms with Crippen LogP contribution in [0.2, 0.25) is 5.02 Å². The van der Waals surface area contributed by atoms with E-state index >= 15 is 0 Å². The first kappa shape index (κ1) is 20.7. The number of amides is 2. The lowest BCUT2D eigenvalue weighted by Crippen LogP contribution is -2.23. The number of H-pyrrole nitrogens is 1. The highest BCUT2D eigenvalue weighted by Gasteiger charge is 2.21. The summed E-state index contributed by atoms with van der Waals surface area (Å²) in [6.07, 6.45) is 5.15. The van der Waals surface area contributed by atoms with Gasteiger partial charge >= 0.3 is 0 Å². The van der Waals surface area contributed by atoms with Gasteiger partial charge in [0, 0.05) is 46.0 Å². The van der Waals surface area contributed by atoms with Gasteiger partial charge in [-0.05, 0) is 42.5 Å². The molecule has 1 aliphatic rings. The van der Waals surface area contributed by atoms with Crippen molar-refractivity contribution in [1.82, 2.24) is 25.3 Å². The van der Waals surface area contributed by atoms with Crippen LogP contribution in [0.1, 0.15) is 21.7 Å². The number of aromatic nitrogens is 4. The third kappa shape index (κ3) is 4.53. The van der Waals surface area contributed by atoms with Gasteiger partial charge in [0.15, 0.2) is 0 Å². The minimum Gasteiger partial charge on any atom is -0.347 e. The second-order valence-electron chi connectivity index (χ2n) is 7.40. The van der Waals surface area contributed by atoms with Crippen LogP contribution in [0.3, 0.4) is 0 Å². The molecule has 33 heavy (non-hydrogen) atoms. The smallest absolute Gasteiger partial charge is 0.251 e. The van der Waals surface area contributed by atoms with E-state index in [0.717, 1.165) is 16.8 Å². The van der Waals surface area contributed by atoms with Crippen molar-refractivity contribution in [3.8, 4) is 11.3 Å². The largest absolute Gasteiger partial charge is 0.347 e. The normalized spacial score (nSPS) is 12.2. The average molecular weight is 460 g/mol. The number of imidazole rings is 1. The molecular formula is C23H18ClN7O2. The Morgan fingerprint density at radius 1 is 1.12 bits per heavy atom. The van der Waals surface area contributed by atoms with Crippen molar-refractivity contribution in [2.75, 3.05) is 10.6 Å². The number of halogens is 1. The number of nitrogens with one attached hydrogen (secondary N) is 4. The van der Waals surface area contributed by atoms with E-state index in [9.17, 15) is 9.59 Å². The highest BCUT2D eigenvalue weighted by Crippen LogP contribution is 2.34. The lowest BCUT2D eigenvalue weighted by atomic mass is 10.1. The highest BCUT2D eigenvalue weighted by molar-refractivity contribution is 6.31. The molecule has 4 N–H and O–H groups in total. The summed E-state index contributed by atoms with van der Waals surface area (Å²) in [7, 11) is 0. The van der Waals surface area contributed by atoms with Crippen LogP contribution >= 0.6 is 11.6 Å². The number of aromatic amines is 1. The molecule has 0 aliphatic carbocycles.